The van der Waals surface area contributed by atoms with Crippen LogP contribution >= 0.6 is 27.3 Å². The van der Waals surface area contributed by atoms with Crippen molar-refractivity contribution in [3.05, 3.63) is 62.8 Å². The molecular weight excluding hydrogens is 585 g/mol. The molecular formula is C23H17BrF5N5O2S. The highest BCUT2D eigenvalue weighted by atomic mass is 79.9. The second-order valence-electron chi connectivity index (χ2n) is 7.88. The molecule has 3 heterocycles. The minimum absolute atomic E-state index is 0.000909. The summed E-state index contributed by atoms with van der Waals surface area (Å²) in [5.74, 6) is -1.56. The summed E-state index contributed by atoms with van der Waals surface area (Å²) in [4.78, 5) is 29.0. The van der Waals surface area contributed by atoms with E-state index in [0.29, 0.717) is 11.1 Å². The van der Waals surface area contributed by atoms with Crippen molar-refractivity contribution in [3.63, 3.8) is 0 Å². The molecule has 4 rings (SSSR count). The van der Waals surface area contributed by atoms with Gasteiger partial charge in [-0.1, -0.05) is 30.3 Å². The average Bonchev–Trinajstić information content (AvgIpc) is 3.35. The van der Waals surface area contributed by atoms with Crippen molar-refractivity contribution in [1.82, 2.24) is 14.8 Å². The molecule has 3 N–H and O–H groups in total. The zero-order valence-electron chi connectivity index (χ0n) is 18.9. The molecule has 0 fully saturated rings. The fourth-order valence-electron chi connectivity index (χ4n) is 3.70. The van der Waals surface area contributed by atoms with Gasteiger partial charge in [-0.25, -0.2) is 13.8 Å². The Hall–Kier alpha value is -3.39. The number of benzene rings is 1. The van der Waals surface area contributed by atoms with E-state index in [9.17, 15) is 31.5 Å². The van der Waals surface area contributed by atoms with Crippen LogP contribution in [-0.2, 0) is 17.5 Å². The van der Waals surface area contributed by atoms with Crippen LogP contribution < -0.4 is 11.1 Å². The summed E-state index contributed by atoms with van der Waals surface area (Å²) < 4.78 is 67.4. The molecule has 0 saturated carbocycles. The highest BCUT2D eigenvalue weighted by Crippen LogP contribution is 2.42. The first-order valence-corrected chi connectivity index (χ1v) is 12.2. The number of nitrogens with two attached hydrogens (primary N) is 1. The van der Waals surface area contributed by atoms with E-state index in [0.717, 1.165) is 16.0 Å². The van der Waals surface area contributed by atoms with Gasteiger partial charge < -0.3 is 11.1 Å². The predicted molar refractivity (Wildman–Crippen MR) is 131 cm³/mol. The van der Waals surface area contributed by atoms with E-state index < -0.39 is 35.8 Å². The Balaban J connectivity index is 1.72. The highest BCUT2D eigenvalue weighted by molar-refractivity contribution is 9.10. The van der Waals surface area contributed by atoms with Crippen LogP contribution in [0.25, 0.3) is 21.3 Å². The third-order valence-corrected chi connectivity index (χ3v) is 7.48. The molecule has 0 unspecified atom stereocenters. The normalized spacial score (nSPS) is 11.9. The number of amides is 2. The minimum atomic E-state index is -4.68. The van der Waals surface area contributed by atoms with Crippen molar-refractivity contribution in [1.29, 1.82) is 0 Å². The largest absolute Gasteiger partial charge is 0.436 e. The topological polar surface area (TPSA) is 103 Å². The van der Waals surface area contributed by atoms with Crippen LogP contribution in [0.4, 0.5) is 27.6 Å². The number of thiophene rings is 1. The van der Waals surface area contributed by atoms with Crippen molar-refractivity contribution in [2.45, 2.75) is 32.5 Å². The molecule has 0 spiro atoms. The van der Waals surface area contributed by atoms with Crippen LogP contribution in [0.1, 0.15) is 39.6 Å². The Bertz CT molecular complexity index is 1500. The van der Waals surface area contributed by atoms with E-state index in [1.54, 1.807) is 30.3 Å². The van der Waals surface area contributed by atoms with E-state index in [4.69, 9.17) is 5.73 Å². The number of anilines is 1. The number of hydrogen-bond acceptors (Lipinski definition) is 5. The number of hydrogen-bond donors (Lipinski definition) is 2. The number of aromatic nitrogens is 3. The van der Waals surface area contributed by atoms with Gasteiger partial charge >= 0.3 is 6.18 Å². The van der Waals surface area contributed by atoms with E-state index in [-0.39, 0.29) is 43.9 Å². The molecule has 0 bridgehead atoms. The summed E-state index contributed by atoms with van der Waals surface area (Å²) in [6, 6.07) is 9.66. The summed E-state index contributed by atoms with van der Waals surface area (Å²) in [6.07, 6.45) is -7.87. The highest BCUT2D eigenvalue weighted by Gasteiger charge is 2.38. The predicted octanol–water partition coefficient (Wildman–Crippen LogP) is 6.31. The third kappa shape index (κ3) is 5.34. The smallest absolute Gasteiger partial charge is 0.365 e. The summed E-state index contributed by atoms with van der Waals surface area (Å²) in [7, 11) is 0. The zero-order chi connectivity index (χ0) is 27.1. The van der Waals surface area contributed by atoms with E-state index in [2.05, 4.69) is 31.3 Å². The molecule has 4 aromatic rings. The molecule has 0 aliphatic heterocycles. The number of primary amides is 1. The van der Waals surface area contributed by atoms with Crippen molar-refractivity contribution in [2.75, 3.05) is 5.32 Å². The van der Waals surface area contributed by atoms with Crippen LogP contribution in [0.5, 0.6) is 0 Å². The maximum Gasteiger partial charge on any atom is 0.436 e. The first-order valence-electron chi connectivity index (χ1n) is 10.6. The van der Waals surface area contributed by atoms with Gasteiger partial charge in [0.15, 0.2) is 5.69 Å². The lowest BCUT2D eigenvalue weighted by Gasteiger charge is -2.11. The Morgan fingerprint density at radius 2 is 1.89 bits per heavy atom. The number of pyridine rings is 1. The fraction of sp³-hybridized carbons (Fsp3) is 0.217. The molecule has 0 aliphatic rings. The van der Waals surface area contributed by atoms with Crippen molar-refractivity contribution < 1.29 is 31.5 Å². The SMILES string of the molecule is Cc1c(Br)c(C(F)(F)F)nn1CCC(=O)Nc1c(C(N)=O)sc2nc(C(F)F)cc(-c3ccccc3)c12. The van der Waals surface area contributed by atoms with Crippen molar-refractivity contribution >= 4 is 55.0 Å². The lowest BCUT2D eigenvalue weighted by atomic mass is 10.0. The first-order chi connectivity index (χ1) is 17.4. The van der Waals surface area contributed by atoms with Crippen LogP contribution in [0.2, 0.25) is 0 Å². The molecule has 3 aromatic heterocycles. The minimum Gasteiger partial charge on any atom is -0.365 e. The van der Waals surface area contributed by atoms with Crippen LogP contribution in [-0.4, -0.2) is 26.6 Å². The van der Waals surface area contributed by atoms with Gasteiger partial charge in [-0.2, -0.15) is 18.3 Å². The Morgan fingerprint density at radius 1 is 1.22 bits per heavy atom. The van der Waals surface area contributed by atoms with Crippen LogP contribution in [0.3, 0.4) is 0 Å². The van der Waals surface area contributed by atoms with Gasteiger partial charge in [0.1, 0.15) is 15.4 Å². The number of aryl methyl sites for hydroxylation is 1. The van der Waals surface area contributed by atoms with Gasteiger partial charge in [-0.05, 0) is 40.0 Å². The number of carbonyl (C=O) groups excluding carboxylic acids is 2. The number of alkyl halides is 5. The summed E-state index contributed by atoms with van der Waals surface area (Å²) in [6.45, 7) is 1.22. The molecule has 14 heteroatoms. The van der Waals surface area contributed by atoms with E-state index >= 15 is 0 Å². The van der Waals surface area contributed by atoms with Gasteiger partial charge in [0.2, 0.25) is 5.91 Å². The second kappa shape index (κ2) is 10.2. The number of halogens is 6. The van der Waals surface area contributed by atoms with E-state index in [1.807, 2.05) is 0 Å². The van der Waals surface area contributed by atoms with Gasteiger partial charge in [-0.3, -0.25) is 14.3 Å². The van der Waals surface area contributed by atoms with Crippen molar-refractivity contribution in [3.8, 4) is 11.1 Å². The Kier molecular flexibility index (Phi) is 7.33. The maximum atomic E-state index is 13.6. The van der Waals surface area contributed by atoms with Gasteiger partial charge in [0.05, 0.1) is 22.4 Å². The lowest BCUT2D eigenvalue weighted by Crippen LogP contribution is -2.19. The molecule has 37 heavy (non-hydrogen) atoms. The lowest BCUT2D eigenvalue weighted by molar-refractivity contribution is -0.142. The van der Waals surface area contributed by atoms with Crippen LogP contribution in [0, 0.1) is 6.92 Å². The third-order valence-electron chi connectivity index (χ3n) is 5.43. The zero-order valence-corrected chi connectivity index (χ0v) is 21.3. The quantitative estimate of drug-likeness (QED) is 0.242. The molecule has 0 saturated heterocycles. The van der Waals surface area contributed by atoms with Gasteiger partial charge in [-0.15, -0.1) is 11.3 Å². The summed E-state index contributed by atoms with van der Waals surface area (Å²) in [5, 5.41) is 6.37. The van der Waals surface area contributed by atoms with Gasteiger partial charge in [0.25, 0.3) is 12.3 Å². The first kappa shape index (κ1) is 26.7. The second-order valence-corrected chi connectivity index (χ2v) is 9.67. The molecule has 2 amide bonds. The standard InChI is InChI=1S/C23H17BrF5N5O2S/c1-10-16(24)19(23(27,28)29)33-34(10)8-7-14(35)32-17-15-12(11-5-3-2-4-6-11)9-13(20(25)26)31-22(15)37-18(17)21(30)36/h2-6,9,20H,7-8H2,1H3,(H2,30,36)(H,32,35). The molecule has 7 nitrogen and oxygen atoms in total. The number of rotatable bonds is 7. The summed E-state index contributed by atoms with van der Waals surface area (Å²) in [5.41, 5.74) is 4.90. The van der Waals surface area contributed by atoms with E-state index in [1.165, 1.54) is 13.0 Å². The number of nitrogens with one attached hydrogen (secondary N) is 1. The molecule has 0 radical (unpaired) electrons. The molecule has 1 aromatic carbocycles. The number of fused-ring (bicyclic) bond motifs is 1. The Morgan fingerprint density at radius 3 is 2.46 bits per heavy atom. The van der Waals surface area contributed by atoms with Crippen LogP contribution in [0.15, 0.2) is 40.9 Å². The molecule has 0 aliphatic carbocycles. The fourth-order valence-corrected chi connectivity index (χ4v) is 5.22. The maximum absolute atomic E-state index is 13.6. The van der Waals surface area contributed by atoms with Gasteiger partial charge in [0, 0.05) is 11.8 Å². The number of nitrogens with zero attached hydrogens (tertiary/aromatic N) is 3. The monoisotopic (exact) mass is 601 g/mol. The average molecular weight is 602 g/mol. The number of carbonyl (C=O) groups is 2. The van der Waals surface area contributed by atoms with Crippen molar-refractivity contribution in [2.24, 2.45) is 5.73 Å². The molecule has 194 valence electrons. The Labute approximate surface area is 218 Å². The molecule has 0 atom stereocenters. The summed E-state index contributed by atoms with van der Waals surface area (Å²) >= 11 is 3.63.